The molecule has 3 heterocycles. The zero-order chi connectivity index (χ0) is 21.5. The molecule has 7 heteroatoms. The Labute approximate surface area is 181 Å². The first-order valence-electron chi connectivity index (χ1n) is 11.1. The van der Waals surface area contributed by atoms with Gasteiger partial charge in [0.2, 0.25) is 0 Å². The van der Waals surface area contributed by atoms with E-state index in [1.807, 2.05) is 37.1 Å². The highest BCUT2D eigenvalue weighted by molar-refractivity contribution is 6.06. The topological polar surface area (TPSA) is 54.3 Å². The maximum Gasteiger partial charge on any atom is 0.254 e. The molecule has 0 bridgehead atoms. The van der Waals surface area contributed by atoms with Crippen LogP contribution in [0.4, 0.5) is 4.39 Å². The van der Waals surface area contributed by atoms with E-state index in [9.17, 15) is 9.18 Å². The van der Waals surface area contributed by atoms with E-state index in [4.69, 9.17) is 4.98 Å². The average Bonchev–Trinajstić information content (AvgIpc) is 3.58. The fourth-order valence-electron chi connectivity index (χ4n) is 4.57. The Balaban J connectivity index is 1.36. The number of pyridine rings is 1. The Bertz CT molecular complexity index is 1120. The average molecular weight is 422 g/mol. The van der Waals surface area contributed by atoms with E-state index in [1.54, 1.807) is 4.68 Å². The van der Waals surface area contributed by atoms with Crippen molar-refractivity contribution in [2.24, 2.45) is 7.05 Å². The number of hydrogen-bond donors (Lipinski definition) is 0. The number of rotatable bonds is 4. The normalized spacial score (nSPS) is 17.8. The number of aryl methyl sites for hydroxylation is 2. The fraction of sp³-hybridized carbons (Fsp3) is 0.458. The van der Waals surface area contributed by atoms with Gasteiger partial charge in [0, 0.05) is 51.4 Å². The molecule has 0 radical (unpaired) electrons. The minimum atomic E-state index is -0.212. The lowest BCUT2D eigenvalue weighted by atomic mass is 10.1. The Morgan fingerprint density at radius 2 is 1.90 bits per heavy atom. The summed E-state index contributed by atoms with van der Waals surface area (Å²) in [6, 6.07) is 8.69. The summed E-state index contributed by atoms with van der Waals surface area (Å²) in [5, 5.41) is 5.41. The summed E-state index contributed by atoms with van der Waals surface area (Å²) in [5.41, 5.74) is 4.51. The molecule has 6 nitrogen and oxygen atoms in total. The van der Waals surface area contributed by atoms with E-state index in [2.05, 4.69) is 10.00 Å². The predicted octanol–water partition coefficient (Wildman–Crippen LogP) is 3.64. The third kappa shape index (κ3) is 4.06. The quantitative estimate of drug-likeness (QED) is 0.645. The molecular formula is C24H28FN5O. The van der Waals surface area contributed by atoms with Crippen molar-refractivity contribution in [1.82, 2.24) is 24.6 Å². The van der Waals surface area contributed by atoms with Gasteiger partial charge in [0.1, 0.15) is 5.82 Å². The lowest BCUT2D eigenvalue weighted by molar-refractivity contribution is 0.0763. The molecule has 2 aliphatic rings. The highest BCUT2D eigenvalue weighted by Crippen LogP contribution is 2.40. The van der Waals surface area contributed by atoms with Crippen molar-refractivity contribution < 1.29 is 9.18 Å². The van der Waals surface area contributed by atoms with Gasteiger partial charge in [-0.1, -0.05) is 12.1 Å². The van der Waals surface area contributed by atoms with Gasteiger partial charge in [-0.2, -0.15) is 5.10 Å². The standard InChI is InChI=1S/C24H28FN5O/c1-16-22-20(14-21(18-6-7-18)26-23(22)28(2)27-16)24(31)30-11-3-10-29(12-13-30)15-17-4-8-19(25)9-5-17/h4-5,8-9,14,18H,3,6-7,10-13,15H2,1-2H3. The first-order valence-corrected chi connectivity index (χ1v) is 11.1. The third-order valence-electron chi connectivity index (χ3n) is 6.41. The molecule has 1 aliphatic heterocycles. The number of carbonyl (C=O) groups excluding carboxylic acids is 1. The summed E-state index contributed by atoms with van der Waals surface area (Å²) in [7, 11) is 1.90. The molecule has 1 aliphatic carbocycles. The molecule has 0 spiro atoms. The zero-order valence-corrected chi connectivity index (χ0v) is 18.1. The molecule has 2 fully saturated rings. The molecule has 0 N–H and O–H groups in total. The van der Waals surface area contributed by atoms with Gasteiger partial charge in [0.05, 0.1) is 16.6 Å². The van der Waals surface area contributed by atoms with Gasteiger partial charge < -0.3 is 4.90 Å². The van der Waals surface area contributed by atoms with Crippen molar-refractivity contribution in [3.63, 3.8) is 0 Å². The molecule has 162 valence electrons. The van der Waals surface area contributed by atoms with Crippen LogP contribution in [0, 0.1) is 12.7 Å². The maximum absolute atomic E-state index is 13.6. The lowest BCUT2D eigenvalue weighted by Gasteiger charge is -2.22. The van der Waals surface area contributed by atoms with Crippen LogP contribution in [-0.2, 0) is 13.6 Å². The van der Waals surface area contributed by atoms with Crippen LogP contribution in [0.25, 0.3) is 11.0 Å². The van der Waals surface area contributed by atoms with Crippen LogP contribution < -0.4 is 0 Å². The number of halogens is 1. The molecule has 0 atom stereocenters. The number of hydrogen-bond acceptors (Lipinski definition) is 4. The molecular weight excluding hydrogens is 393 g/mol. The van der Waals surface area contributed by atoms with E-state index in [1.165, 1.54) is 12.1 Å². The summed E-state index contributed by atoms with van der Waals surface area (Å²) >= 11 is 0. The molecule has 0 unspecified atom stereocenters. The molecule has 1 saturated heterocycles. The van der Waals surface area contributed by atoms with Crippen molar-refractivity contribution in [3.05, 3.63) is 58.7 Å². The second-order valence-electron chi connectivity index (χ2n) is 8.82. The molecule has 5 rings (SSSR count). The van der Waals surface area contributed by atoms with Gasteiger partial charge in [0.15, 0.2) is 5.65 Å². The summed E-state index contributed by atoms with van der Waals surface area (Å²) in [6.45, 7) is 5.87. The van der Waals surface area contributed by atoms with Gasteiger partial charge in [-0.3, -0.25) is 14.4 Å². The second kappa shape index (κ2) is 8.04. The van der Waals surface area contributed by atoms with Crippen LogP contribution in [-0.4, -0.2) is 56.7 Å². The van der Waals surface area contributed by atoms with Crippen molar-refractivity contribution in [1.29, 1.82) is 0 Å². The lowest BCUT2D eigenvalue weighted by Crippen LogP contribution is -2.35. The number of aromatic nitrogens is 3. The molecule has 31 heavy (non-hydrogen) atoms. The summed E-state index contributed by atoms with van der Waals surface area (Å²) in [5.74, 6) is 0.340. The number of benzene rings is 1. The smallest absolute Gasteiger partial charge is 0.254 e. The van der Waals surface area contributed by atoms with Gasteiger partial charge in [0.25, 0.3) is 5.91 Å². The van der Waals surface area contributed by atoms with E-state index in [0.717, 1.165) is 79.0 Å². The van der Waals surface area contributed by atoms with Crippen molar-refractivity contribution in [2.45, 2.75) is 38.6 Å². The van der Waals surface area contributed by atoms with Gasteiger partial charge in [-0.05, 0) is 49.9 Å². The van der Waals surface area contributed by atoms with Gasteiger partial charge in [-0.25, -0.2) is 9.37 Å². The Hall–Kier alpha value is -2.80. The van der Waals surface area contributed by atoms with Crippen LogP contribution in [0.3, 0.4) is 0 Å². The Morgan fingerprint density at radius 1 is 1.13 bits per heavy atom. The number of carbonyl (C=O) groups is 1. The Morgan fingerprint density at radius 3 is 2.65 bits per heavy atom. The highest BCUT2D eigenvalue weighted by Gasteiger charge is 2.30. The SMILES string of the molecule is Cc1nn(C)c2nc(C3CC3)cc(C(=O)N3CCCN(Cc4ccc(F)cc4)CC3)c12. The minimum absolute atomic E-state index is 0.0778. The zero-order valence-electron chi connectivity index (χ0n) is 18.1. The van der Waals surface area contributed by atoms with E-state index in [-0.39, 0.29) is 11.7 Å². The second-order valence-corrected chi connectivity index (χ2v) is 8.82. The molecule has 2 aromatic heterocycles. The molecule has 3 aromatic rings. The maximum atomic E-state index is 13.6. The van der Waals surface area contributed by atoms with Crippen molar-refractivity contribution in [3.8, 4) is 0 Å². The first kappa shape index (κ1) is 20.1. The van der Waals surface area contributed by atoms with E-state index in [0.29, 0.717) is 12.5 Å². The summed E-state index contributed by atoms with van der Waals surface area (Å²) < 4.78 is 15.0. The van der Waals surface area contributed by atoms with Crippen LogP contribution >= 0.6 is 0 Å². The van der Waals surface area contributed by atoms with Gasteiger partial charge in [-0.15, -0.1) is 0 Å². The van der Waals surface area contributed by atoms with Crippen LogP contribution in [0.15, 0.2) is 30.3 Å². The minimum Gasteiger partial charge on any atom is -0.337 e. The van der Waals surface area contributed by atoms with E-state index >= 15 is 0 Å². The van der Waals surface area contributed by atoms with Crippen molar-refractivity contribution >= 4 is 16.9 Å². The molecule has 1 saturated carbocycles. The molecule has 1 amide bonds. The Kier molecular flexibility index (Phi) is 5.22. The van der Waals surface area contributed by atoms with Crippen molar-refractivity contribution in [2.75, 3.05) is 26.2 Å². The van der Waals surface area contributed by atoms with Crippen LogP contribution in [0.1, 0.15) is 52.5 Å². The highest BCUT2D eigenvalue weighted by atomic mass is 19.1. The summed E-state index contributed by atoms with van der Waals surface area (Å²) in [4.78, 5) is 22.8. The van der Waals surface area contributed by atoms with Gasteiger partial charge >= 0.3 is 0 Å². The van der Waals surface area contributed by atoms with E-state index < -0.39 is 0 Å². The largest absolute Gasteiger partial charge is 0.337 e. The summed E-state index contributed by atoms with van der Waals surface area (Å²) in [6.07, 6.45) is 3.21. The third-order valence-corrected chi connectivity index (χ3v) is 6.41. The number of nitrogens with zero attached hydrogens (tertiary/aromatic N) is 5. The number of amides is 1. The predicted molar refractivity (Wildman–Crippen MR) is 117 cm³/mol. The van der Waals surface area contributed by atoms with Crippen LogP contribution in [0.2, 0.25) is 0 Å². The first-order chi connectivity index (χ1) is 15.0. The monoisotopic (exact) mass is 421 g/mol. The number of fused-ring (bicyclic) bond motifs is 1. The van der Waals surface area contributed by atoms with Crippen LogP contribution in [0.5, 0.6) is 0 Å². The molecule has 1 aromatic carbocycles. The fourth-order valence-corrected chi connectivity index (χ4v) is 4.57.